The summed E-state index contributed by atoms with van der Waals surface area (Å²) < 4.78 is 2.12. The highest BCUT2D eigenvalue weighted by Gasteiger charge is 2.31. The molecule has 0 saturated carbocycles. The van der Waals surface area contributed by atoms with Gasteiger partial charge in [-0.25, -0.2) is 0 Å². The van der Waals surface area contributed by atoms with Crippen LogP contribution in [-0.4, -0.2) is 52.9 Å². The molecule has 6 N–H and O–H groups in total. The Kier molecular flexibility index (Phi) is 7.42. The topological polar surface area (TPSA) is 113 Å². The van der Waals surface area contributed by atoms with E-state index in [0.29, 0.717) is 18.7 Å². The zero-order chi connectivity index (χ0) is 23.2. The molecule has 174 valence electrons. The largest absolute Gasteiger partial charge is 0.386 e. The molecule has 1 saturated heterocycles. The first-order chi connectivity index (χ1) is 16.1. The lowest BCUT2D eigenvalue weighted by Crippen LogP contribution is -2.55. The molecule has 0 spiro atoms. The van der Waals surface area contributed by atoms with Crippen molar-refractivity contribution < 1.29 is 4.79 Å². The Morgan fingerprint density at radius 2 is 1.85 bits per heavy atom. The number of carbonyl (C=O) groups is 1. The molecule has 1 aliphatic rings. The van der Waals surface area contributed by atoms with Crippen molar-refractivity contribution >= 4 is 22.6 Å². The van der Waals surface area contributed by atoms with Gasteiger partial charge in [0, 0.05) is 36.6 Å². The molecule has 1 amide bonds. The molecule has 3 aromatic rings. The number of nitrogens with zero attached hydrogens (tertiary/aromatic N) is 2. The summed E-state index contributed by atoms with van der Waals surface area (Å²) in [5.74, 6) is 0.0879. The third-order valence-corrected chi connectivity index (χ3v) is 6.57. The number of carbonyl (C=O) groups excluding carboxylic acids is 1. The monoisotopic (exact) mass is 446 g/mol. The Morgan fingerprint density at radius 1 is 1.09 bits per heavy atom. The van der Waals surface area contributed by atoms with Gasteiger partial charge < -0.3 is 21.4 Å². The van der Waals surface area contributed by atoms with Gasteiger partial charge in [-0.2, -0.15) is 0 Å². The second kappa shape index (κ2) is 10.6. The van der Waals surface area contributed by atoms with Gasteiger partial charge >= 0.3 is 0 Å². The molecule has 33 heavy (non-hydrogen) atoms. The summed E-state index contributed by atoms with van der Waals surface area (Å²) in [6.07, 6.45) is 3.22. The minimum absolute atomic E-state index is 0.0129. The Balaban J connectivity index is 1.50. The number of fused-ring (bicyclic) bond motifs is 1. The second-order valence-electron chi connectivity index (χ2n) is 8.82. The van der Waals surface area contributed by atoms with E-state index in [1.165, 1.54) is 5.56 Å². The molecule has 2 aromatic carbocycles. The van der Waals surface area contributed by atoms with E-state index in [2.05, 4.69) is 33.0 Å². The first-order valence-corrected chi connectivity index (χ1v) is 11.8. The van der Waals surface area contributed by atoms with Gasteiger partial charge in [0.25, 0.3) is 5.91 Å². The Bertz CT molecular complexity index is 1090. The number of aromatic nitrogens is 1. The fourth-order valence-electron chi connectivity index (χ4n) is 4.82. The highest BCUT2D eigenvalue weighted by atomic mass is 16.2. The van der Waals surface area contributed by atoms with Crippen LogP contribution in [0.15, 0.2) is 60.7 Å². The lowest BCUT2D eigenvalue weighted by molar-refractivity contribution is 0.0887. The number of piperidine rings is 1. The fourth-order valence-corrected chi connectivity index (χ4v) is 4.82. The van der Waals surface area contributed by atoms with E-state index in [9.17, 15) is 4.79 Å². The normalized spacial score (nSPS) is 18.9. The molecule has 7 nitrogen and oxygen atoms in total. The number of aryl methyl sites for hydroxylation is 2. The third kappa shape index (κ3) is 5.43. The number of amides is 1. The van der Waals surface area contributed by atoms with E-state index in [1.54, 1.807) is 0 Å². The van der Waals surface area contributed by atoms with E-state index < -0.39 is 0 Å². The molecule has 1 aliphatic heterocycles. The molecule has 1 aromatic heterocycles. The van der Waals surface area contributed by atoms with Crippen LogP contribution in [0.25, 0.3) is 10.9 Å². The van der Waals surface area contributed by atoms with Gasteiger partial charge in [0.2, 0.25) is 0 Å². The van der Waals surface area contributed by atoms with Crippen LogP contribution >= 0.6 is 0 Å². The van der Waals surface area contributed by atoms with Crippen molar-refractivity contribution in [1.82, 2.24) is 14.8 Å². The highest BCUT2D eigenvalue weighted by Crippen LogP contribution is 2.23. The van der Waals surface area contributed by atoms with Gasteiger partial charge in [-0.3, -0.25) is 15.1 Å². The van der Waals surface area contributed by atoms with Gasteiger partial charge in [0.15, 0.2) is 0 Å². The molecule has 2 atom stereocenters. The number of nitrogens with one attached hydrogen (secondary N) is 2. The first-order valence-electron chi connectivity index (χ1n) is 11.8. The van der Waals surface area contributed by atoms with Crippen molar-refractivity contribution in [2.45, 2.75) is 44.3 Å². The van der Waals surface area contributed by atoms with E-state index in [1.807, 2.05) is 42.5 Å². The van der Waals surface area contributed by atoms with Gasteiger partial charge in [-0.1, -0.05) is 48.5 Å². The Morgan fingerprint density at radius 3 is 2.61 bits per heavy atom. The summed E-state index contributed by atoms with van der Waals surface area (Å²) in [6.45, 7) is 2.98. The van der Waals surface area contributed by atoms with Crippen LogP contribution in [0.3, 0.4) is 0 Å². The lowest BCUT2D eigenvalue weighted by Gasteiger charge is -2.39. The average molecular weight is 447 g/mol. The third-order valence-electron chi connectivity index (χ3n) is 6.57. The number of likely N-dealkylation sites (tertiary alicyclic amines) is 1. The zero-order valence-corrected chi connectivity index (χ0v) is 19.0. The fraction of sp³-hybridized carbons (Fsp3) is 0.385. The summed E-state index contributed by atoms with van der Waals surface area (Å²) in [5, 5.41) is 12.3. The summed E-state index contributed by atoms with van der Waals surface area (Å²) in [4.78, 5) is 15.6. The Hall–Kier alpha value is -3.16. The molecule has 2 unspecified atom stereocenters. The maximum atomic E-state index is 13.4. The summed E-state index contributed by atoms with van der Waals surface area (Å²) >= 11 is 0. The predicted octanol–water partition coefficient (Wildman–Crippen LogP) is 2.73. The smallest absolute Gasteiger partial charge is 0.268 e. The van der Waals surface area contributed by atoms with Gasteiger partial charge in [-0.05, 0) is 49.9 Å². The minimum Gasteiger partial charge on any atom is -0.386 e. The number of para-hydroxylation sites is 1. The zero-order valence-electron chi connectivity index (χ0n) is 19.0. The minimum atomic E-state index is -0.153. The number of nitrogens with two attached hydrogens (primary N) is 2. The van der Waals surface area contributed by atoms with Crippen LogP contribution in [0, 0.1) is 5.41 Å². The highest BCUT2D eigenvalue weighted by molar-refractivity contribution is 5.99. The van der Waals surface area contributed by atoms with Crippen molar-refractivity contribution in [1.29, 1.82) is 5.41 Å². The summed E-state index contributed by atoms with van der Waals surface area (Å²) in [7, 11) is 0. The number of rotatable bonds is 9. The van der Waals surface area contributed by atoms with Crippen molar-refractivity contribution in [2.75, 3.05) is 19.6 Å². The van der Waals surface area contributed by atoms with Crippen molar-refractivity contribution in [3.8, 4) is 0 Å². The first kappa shape index (κ1) is 23.0. The second-order valence-corrected chi connectivity index (χ2v) is 8.82. The molecular weight excluding hydrogens is 412 g/mol. The number of amidine groups is 1. The van der Waals surface area contributed by atoms with Gasteiger partial charge in [0.1, 0.15) is 11.5 Å². The molecule has 2 heterocycles. The number of benzene rings is 2. The molecular formula is C26H34N6O. The van der Waals surface area contributed by atoms with Crippen molar-refractivity contribution in [3.63, 3.8) is 0 Å². The maximum Gasteiger partial charge on any atom is 0.268 e. The summed E-state index contributed by atoms with van der Waals surface area (Å²) in [6, 6.07) is 20.3. The van der Waals surface area contributed by atoms with Crippen LogP contribution in [0.5, 0.6) is 0 Å². The SMILES string of the molecule is N=C(N)C1CC(NC(=O)c2cc3ccccc3n2CCc2ccccc2)CCN1CCCN. The van der Waals surface area contributed by atoms with E-state index in [0.717, 1.165) is 49.8 Å². The van der Waals surface area contributed by atoms with E-state index in [4.69, 9.17) is 16.9 Å². The van der Waals surface area contributed by atoms with Crippen LogP contribution in [0.4, 0.5) is 0 Å². The van der Waals surface area contributed by atoms with Crippen LogP contribution in [-0.2, 0) is 13.0 Å². The van der Waals surface area contributed by atoms with Crippen LogP contribution in [0.1, 0.15) is 35.3 Å². The molecule has 0 bridgehead atoms. The van der Waals surface area contributed by atoms with Crippen LogP contribution in [0.2, 0.25) is 0 Å². The average Bonchev–Trinajstić information content (AvgIpc) is 3.21. The number of hydrogen-bond acceptors (Lipinski definition) is 4. The number of hydrogen-bond donors (Lipinski definition) is 4. The molecule has 1 fully saturated rings. The predicted molar refractivity (Wildman–Crippen MR) is 134 cm³/mol. The van der Waals surface area contributed by atoms with Crippen molar-refractivity contribution in [2.24, 2.45) is 11.5 Å². The molecule has 7 heteroatoms. The lowest BCUT2D eigenvalue weighted by atomic mass is 9.96. The van der Waals surface area contributed by atoms with Gasteiger partial charge in [0.05, 0.1) is 6.04 Å². The van der Waals surface area contributed by atoms with E-state index in [-0.39, 0.29) is 23.8 Å². The molecule has 0 radical (unpaired) electrons. The molecule has 0 aliphatic carbocycles. The Labute approximate surface area is 195 Å². The van der Waals surface area contributed by atoms with Crippen molar-refractivity contribution in [3.05, 3.63) is 71.9 Å². The molecule has 4 rings (SSSR count). The van der Waals surface area contributed by atoms with Gasteiger partial charge in [-0.15, -0.1) is 0 Å². The standard InChI is InChI=1S/C26H34N6O/c27-13-6-14-31-15-12-21(18-23(31)25(28)29)30-26(33)24-17-20-9-4-5-10-22(20)32(24)16-11-19-7-2-1-3-8-19/h1-5,7-10,17,21,23H,6,11-16,18,27H2,(H3,28,29)(H,30,33). The van der Waals surface area contributed by atoms with E-state index >= 15 is 0 Å². The quantitative estimate of drug-likeness (QED) is 0.299. The maximum absolute atomic E-state index is 13.4. The summed E-state index contributed by atoms with van der Waals surface area (Å²) in [5.41, 5.74) is 14.5. The van der Waals surface area contributed by atoms with Crippen LogP contribution < -0.4 is 16.8 Å².